The Kier molecular flexibility index (Phi) is 5.61. The number of nitrogens with zero attached hydrogens (tertiary/aromatic N) is 2. The molecule has 2 heterocycles. The second kappa shape index (κ2) is 7.72. The van der Waals surface area contributed by atoms with E-state index in [1.165, 1.54) is 11.3 Å². The number of carbonyl (C=O) groups is 1. The van der Waals surface area contributed by atoms with Gasteiger partial charge in [-0.1, -0.05) is 48.9 Å². The van der Waals surface area contributed by atoms with Crippen LogP contribution < -0.4 is 4.90 Å². The van der Waals surface area contributed by atoms with E-state index in [1.54, 1.807) is 0 Å². The van der Waals surface area contributed by atoms with Gasteiger partial charge in [-0.3, -0.25) is 0 Å². The lowest BCUT2D eigenvalue weighted by Crippen LogP contribution is -2.36. The number of aromatic carboxylic acids is 1. The summed E-state index contributed by atoms with van der Waals surface area (Å²) in [5.74, 6) is -0.806. The van der Waals surface area contributed by atoms with Gasteiger partial charge in [-0.15, -0.1) is 0 Å². The number of benzene rings is 1. The quantitative estimate of drug-likeness (QED) is 0.845. The third-order valence-corrected chi connectivity index (χ3v) is 5.68. The van der Waals surface area contributed by atoms with Crippen LogP contribution in [0.3, 0.4) is 0 Å². The monoisotopic (exact) mass is 380 g/mol. The van der Waals surface area contributed by atoms with Gasteiger partial charge in [0.05, 0.1) is 18.9 Å². The van der Waals surface area contributed by atoms with E-state index in [4.69, 9.17) is 21.3 Å². The van der Waals surface area contributed by atoms with Gasteiger partial charge >= 0.3 is 5.97 Å². The molecule has 1 aliphatic rings. The fourth-order valence-electron chi connectivity index (χ4n) is 3.10. The molecule has 0 spiro atoms. The van der Waals surface area contributed by atoms with Crippen LogP contribution in [0.4, 0.5) is 5.13 Å². The summed E-state index contributed by atoms with van der Waals surface area (Å²) in [4.78, 5) is 19.0. The van der Waals surface area contributed by atoms with E-state index in [2.05, 4.69) is 18.7 Å². The van der Waals surface area contributed by atoms with E-state index in [0.717, 1.165) is 23.8 Å². The number of thiazole rings is 1. The van der Waals surface area contributed by atoms with E-state index in [9.17, 15) is 9.90 Å². The summed E-state index contributed by atoms with van der Waals surface area (Å²) >= 11 is 7.25. The second-order valence-electron chi connectivity index (χ2n) is 6.39. The smallest absolute Gasteiger partial charge is 0.347 e. The van der Waals surface area contributed by atoms with Crippen molar-refractivity contribution in [1.82, 2.24) is 4.98 Å². The number of rotatable bonds is 5. The largest absolute Gasteiger partial charge is 0.477 e. The fourth-order valence-corrected chi connectivity index (χ4v) is 4.23. The van der Waals surface area contributed by atoms with Gasteiger partial charge < -0.3 is 14.7 Å². The molecule has 3 rings (SSSR count). The Morgan fingerprint density at radius 3 is 2.48 bits per heavy atom. The molecular weight excluding hydrogens is 360 g/mol. The third kappa shape index (κ3) is 3.97. The van der Waals surface area contributed by atoms with Crippen LogP contribution in [0.15, 0.2) is 24.3 Å². The molecule has 1 fully saturated rings. The number of morpholine rings is 1. The summed E-state index contributed by atoms with van der Waals surface area (Å²) < 4.78 is 5.38. The molecule has 0 bridgehead atoms. The number of carboxylic acid groups (broad SMARTS) is 1. The molecule has 1 aromatic carbocycles. The second-order valence-corrected chi connectivity index (χ2v) is 7.80. The molecule has 1 N–H and O–H groups in total. The molecule has 134 valence electrons. The number of aromatic nitrogens is 1. The minimum atomic E-state index is -0.924. The Labute approximate surface area is 156 Å². The van der Waals surface area contributed by atoms with Crippen LogP contribution >= 0.6 is 22.9 Å². The van der Waals surface area contributed by atoms with Crippen LogP contribution in [0.1, 0.15) is 40.7 Å². The maximum absolute atomic E-state index is 11.8. The summed E-state index contributed by atoms with van der Waals surface area (Å²) in [6.45, 7) is 6.92. The maximum Gasteiger partial charge on any atom is 0.347 e. The van der Waals surface area contributed by atoms with E-state index in [-0.39, 0.29) is 11.8 Å². The first-order chi connectivity index (χ1) is 12.0. The van der Waals surface area contributed by atoms with Crippen molar-refractivity contribution in [3.8, 4) is 0 Å². The summed E-state index contributed by atoms with van der Waals surface area (Å²) in [7, 11) is 0. The first-order valence-electron chi connectivity index (χ1n) is 8.29. The Morgan fingerprint density at radius 1 is 1.28 bits per heavy atom. The van der Waals surface area contributed by atoms with Gasteiger partial charge in [-0.25, -0.2) is 9.78 Å². The molecule has 1 unspecified atom stereocenters. The van der Waals surface area contributed by atoms with E-state index in [0.29, 0.717) is 28.8 Å². The average molecular weight is 381 g/mol. The predicted octanol–water partition coefficient (Wildman–Crippen LogP) is 4.12. The summed E-state index contributed by atoms with van der Waals surface area (Å²) in [6, 6.07) is 7.57. The number of ether oxygens (including phenoxy) is 1. The molecule has 1 atom stereocenters. The number of hydrogen-bond acceptors (Lipinski definition) is 5. The topological polar surface area (TPSA) is 62.7 Å². The summed E-state index contributed by atoms with van der Waals surface area (Å²) in [5, 5.41) is 11.1. The molecule has 1 aromatic heterocycles. The molecule has 1 saturated heterocycles. The van der Waals surface area contributed by atoms with Gasteiger partial charge in [0.15, 0.2) is 5.13 Å². The number of carboxylic acids is 1. The van der Waals surface area contributed by atoms with Gasteiger partial charge in [0.25, 0.3) is 0 Å². The molecule has 7 heteroatoms. The molecule has 5 nitrogen and oxygen atoms in total. The Balaban J connectivity index is 2.03. The first kappa shape index (κ1) is 18.2. The summed E-state index contributed by atoms with van der Waals surface area (Å²) in [5.41, 5.74) is 1.66. The Hall–Kier alpha value is -1.63. The van der Waals surface area contributed by atoms with Crippen molar-refractivity contribution in [3.63, 3.8) is 0 Å². The molecule has 1 aliphatic heterocycles. The van der Waals surface area contributed by atoms with Crippen LogP contribution in [-0.4, -0.2) is 42.4 Å². The lowest BCUT2D eigenvalue weighted by molar-refractivity contribution is 0.0700. The normalized spacial score (nSPS) is 16.2. The van der Waals surface area contributed by atoms with Crippen LogP contribution in [0.25, 0.3) is 0 Å². The third-order valence-electron chi connectivity index (χ3n) is 4.31. The van der Waals surface area contributed by atoms with Crippen LogP contribution in [0, 0.1) is 5.92 Å². The lowest BCUT2D eigenvalue weighted by Gasteiger charge is -2.26. The zero-order valence-corrected chi connectivity index (χ0v) is 15.8. The van der Waals surface area contributed by atoms with Crippen molar-refractivity contribution in [1.29, 1.82) is 0 Å². The van der Waals surface area contributed by atoms with Gasteiger partial charge in [0, 0.05) is 24.0 Å². The molecule has 2 aromatic rings. The van der Waals surface area contributed by atoms with Crippen molar-refractivity contribution in [2.45, 2.75) is 19.8 Å². The van der Waals surface area contributed by atoms with Gasteiger partial charge in [0.2, 0.25) is 0 Å². The van der Waals surface area contributed by atoms with Crippen LogP contribution in [0.5, 0.6) is 0 Å². The van der Waals surface area contributed by atoms with E-state index < -0.39 is 5.97 Å². The Morgan fingerprint density at radius 2 is 1.92 bits per heavy atom. The van der Waals surface area contributed by atoms with E-state index >= 15 is 0 Å². The lowest BCUT2D eigenvalue weighted by atomic mass is 9.85. The van der Waals surface area contributed by atoms with Crippen molar-refractivity contribution >= 4 is 34.0 Å². The Bertz CT molecular complexity index is 739. The number of halogens is 1. The zero-order chi connectivity index (χ0) is 18.0. The van der Waals surface area contributed by atoms with Gasteiger partial charge in [0.1, 0.15) is 4.88 Å². The highest BCUT2D eigenvalue weighted by Crippen LogP contribution is 2.38. The molecule has 0 saturated carbocycles. The van der Waals surface area contributed by atoms with Crippen molar-refractivity contribution in [2.75, 3.05) is 31.2 Å². The minimum absolute atomic E-state index is 0.0885. The average Bonchev–Trinajstić information content (AvgIpc) is 3.02. The van der Waals surface area contributed by atoms with Crippen LogP contribution in [-0.2, 0) is 4.74 Å². The first-order valence-corrected chi connectivity index (χ1v) is 9.49. The molecule has 0 radical (unpaired) electrons. The SMILES string of the molecule is CC(C)C(c1ccc(Cl)cc1)c1nc(N2CCOCC2)sc1C(=O)O. The van der Waals surface area contributed by atoms with Crippen LogP contribution in [0.2, 0.25) is 5.02 Å². The van der Waals surface area contributed by atoms with Gasteiger partial charge in [-0.05, 0) is 23.6 Å². The zero-order valence-electron chi connectivity index (χ0n) is 14.2. The van der Waals surface area contributed by atoms with E-state index in [1.807, 2.05) is 24.3 Å². The summed E-state index contributed by atoms with van der Waals surface area (Å²) in [6.07, 6.45) is 0. The fraction of sp³-hybridized carbons (Fsp3) is 0.444. The maximum atomic E-state index is 11.8. The standard InChI is InChI=1S/C18H21ClN2O3S/c1-11(2)14(12-3-5-13(19)6-4-12)15-16(17(22)23)25-18(20-15)21-7-9-24-10-8-21/h3-6,11,14H,7-10H2,1-2H3,(H,22,23). The molecule has 25 heavy (non-hydrogen) atoms. The minimum Gasteiger partial charge on any atom is -0.477 e. The number of anilines is 1. The highest BCUT2D eigenvalue weighted by atomic mass is 35.5. The van der Waals surface area contributed by atoms with Crippen molar-refractivity contribution < 1.29 is 14.6 Å². The predicted molar refractivity (Wildman–Crippen MR) is 100 cm³/mol. The van der Waals surface area contributed by atoms with Crippen molar-refractivity contribution in [3.05, 3.63) is 45.4 Å². The molecule has 0 aliphatic carbocycles. The van der Waals surface area contributed by atoms with Crippen molar-refractivity contribution in [2.24, 2.45) is 5.92 Å². The molecule has 0 amide bonds. The van der Waals surface area contributed by atoms with Gasteiger partial charge in [-0.2, -0.15) is 0 Å². The highest BCUT2D eigenvalue weighted by molar-refractivity contribution is 7.17. The number of hydrogen-bond donors (Lipinski definition) is 1. The molecular formula is C18H21ClN2O3S. The highest BCUT2D eigenvalue weighted by Gasteiger charge is 2.30.